The Morgan fingerprint density at radius 2 is 2.38 bits per heavy atom. The van der Waals surface area contributed by atoms with Crippen molar-refractivity contribution in [1.29, 1.82) is 0 Å². The maximum absolute atomic E-state index is 9.82. The van der Waals surface area contributed by atoms with Crippen molar-refractivity contribution in [2.75, 3.05) is 0 Å². The minimum Gasteiger partial charge on any atom is -0.771 e. The molecule has 0 amide bonds. The zero-order chi connectivity index (χ0) is 6.57. The number of hydrogen-bond donors (Lipinski definition) is 0. The Morgan fingerprint density at radius 3 is 2.50 bits per heavy atom. The summed E-state index contributed by atoms with van der Waals surface area (Å²) in [4.78, 5) is 12.3. The van der Waals surface area contributed by atoms with Crippen LogP contribution in [-0.4, -0.2) is 20.2 Å². The van der Waals surface area contributed by atoms with Gasteiger partial charge in [-0.3, -0.25) is 4.21 Å². The van der Waals surface area contributed by atoms with E-state index in [1.807, 2.05) is 0 Å². The summed E-state index contributed by atoms with van der Waals surface area (Å²) in [5.41, 5.74) is 0. The molecule has 0 aliphatic heterocycles. The van der Waals surface area contributed by atoms with Gasteiger partial charge in [0.15, 0.2) is 0 Å². The molecule has 0 aromatic heterocycles. The molecule has 0 spiro atoms. The van der Waals surface area contributed by atoms with Gasteiger partial charge in [0.25, 0.3) is 0 Å². The van der Waals surface area contributed by atoms with Crippen LogP contribution in [0, 0.1) is 0 Å². The molecule has 0 fully saturated rings. The highest BCUT2D eigenvalue weighted by atomic mass is 32.2. The molecular weight excluding hydrogens is 130 g/mol. The number of rotatable bonds is 2. The molecule has 0 aromatic carbocycles. The second-order valence-electron chi connectivity index (χ2n) is 1.08. The van der Waals surface area contributed by atoms with Crippen LogP contribution in [0.15, 0.2) is 4.99 Å². The largest absolute Gasteiger partial charge is 0.771 e. The van der Waals surface area contributed by atoms with Gasteiger partial charge in [-0.05, 0) is 18.0 Å². The SMILES string of the molecule is CC(N=C=O)S(=O)[O-]. The predicted octanol–water partition coefficient (Wildman–Crippen LogP) is -0.453. The van der Waals surface area contributed by atoms with Crippen molar-refractivity contribution >= 4 is 17.2 Å². The van der Waals surface area contributed by atoms with Gasteiger partial charge in [0.1, 0.15) is 5.37 Å². The molecule has 0 radical (unpaired) electrons. The minimum atomic E-state index is -2.29. The van der Waals surface area contributed by atoms with E-state index < -0.39 is 16.5 Å². The van der Waals surface area contributed by atoms with Crippen LogP contribution in [-0.2, 0) is 15.9 Å². The Morgan fingerprint density at radius 1 is 1.88 bits per heavy atom. The summed E-state index contributed by atoms with van der Waals surface area (Å²) in [6.07, 6.45) is 1.13. The summed E-state index contributed by atoms with van der Waals surface area (Å²) in [7, 11) is 0. The van der Waals surface area contributed by atoms with Crippen molar-refractivity contribution in [1.82, 2.24) is 0 Å². The van der Waals surface area contributed by atoms with Gasteiger partial charge in [-0.15, -0.1) is 0 Å². The molecule has 0 aliphatic rings. The predicted molar refractivity (Wildman–Crippen MR) is 26.5 cm³/mol. The van der Waals surface area contributed by atoms with Gasteiger partial charge in [-0.2, -0.15) is 4.99 Å². The first kappa shape index (κ1) is 7.49. The quantitative estimate of drug-likeness (QED) is 0.291. The third-order valence-electron chi connectivity index (χ3n) is 0.513. The average molecular weight is 134 g/mol. The molecule has 46 valence electrons. The van der Waals surface area contributed by atoms with Crippen molar-refractivity contribution in [3.05, 3.63) is 0 Å². The van der Waals surface area contributed by atoms with Crippen LogP contribution in [0.25, 0.3) is 0 Å². The normalized spacial score (nSPS) is 16.2. The Hall–Kier alpha value is -0.510. The Kier molecular flexibility index (Phi) is 3.26. The van der Waals surface area contributed by atoms with E-state index in [-0.39, 0.29) is 0 Å². The van der Waals surface area contributed by atoms with Gasteiger partial charge in [-0.1, -0.05) is 0 Å². The van der Waals surface area contributed by atoms with Gasteiger partial charge in [0.2, 0.25) is 6.08 Å². The Labute approximate surface area is 48.9 Å². The summed E-state index contributed by atoms with van der Waals surface area (Å²) < 4.78 is 19.6. The van der Waals surface area contributed by atoms with Gasteiger partial charge in [0, 0.05) is 0 Å². The molecule has 0 rings (SSSR count). The van der Waals surface area contributed by atoms with Crippen LogP contribution in [0.3, 0.4) is 0 Å². The maximum Gasteiger partial charge on any atom is 0.236 e. The highest BCUT2D eigenvalue weighted by molar-refractivity contribution is 7.79. The van der Waals surface area contributed by atoms with E-state index in [2.05, 4.69) is 4.99 Å². The van der Waals surface area contributed by atoms with Crippen LogP contribution >= 0.6 is 0 Å². The number of carbonyl (C=O) groups excluding carboxylic acids is 1. The summed E-state index contributed by atoms with van der Waals surface area (Å²) in [6, 6.07) is 0. The topological polar surface area (TPSA) is 69.6 Å². The van der Waals surface area contributed by atoms with Crippen molar-refractivity contribution < 1.29 is 13.6 Å². The van der Waals surface area contributed by atoms with E-state index in [4.69, 9.17) is 0 Å². The van der Waals surface area contributed by atoms with E-state index in [0.29, 0.717) is 0 Å². The van der Waals surface area contributed by atoms with Gasteiger partial charge < -0.3 is 4.55 Å². The monoisotopic (exact) mass is 134 g/mol. The zero-order valence-corrected chi connectivity index (χ0v) is 4.97. The van der Waals surface area contributed by atoms with Crippen molar-refractivity contribution in [3.63, 3.8) is 0 Å². The lowest BCUT2D eigenvalue weighted by Crippen LogP contribution is -2.04. The fraction of sp³-hybridized carbons (Fsp3) is 0.667. The van der Waals surface area contributed by atoms with Gasteiger partial charge in [-0.25, -0.2) is 4.79 Å². The molecule has 0 aromatic rings. The lowest BCUT2D eigenvalue weighted by atomic mass is 10.8. The standard InChI is InChI=1S/C3H5NO3S/c1-3(4-2-5)8(6)7/h3H,1H3,(H,6,7)/p-1. The first-order valence-electron chi connectivity index (χ1n) is 1.83. The van der Waals surface area contributed by atoms with Crippen LogP contribution in [0.5, 0.6) is 0 Å². The molecule has 0 bridgehead atoms. The van der Waals surface area contributed by atoms with Crippen LogP contribution in [0.2, 0.25) is 0 Å². The summed E-state index contributed by atoms with van der Waals surface area (Å²) >= 11 is -2.29. The van der Waals surface area contributed by atoms with E-state index in [1.165, 1.54) is 6.92 Å². The summed E-state index contributed by atoms with van der Waals surface area (Å²) in [5.74, 6) is 0. The second kappa shape index (κ2) is 3.49. The second-order valence-corrected chi connectivity index (χ2v) is 2.28. The number of hydrogen-bond acceptors (Lipinski definition) is 4. The van der Waals surface area contributed by atoms with E-state index >= 15 is 0 Å². The number of isocyanates is 1. The number of aliphatic imine (C=N–C) groups is 1. The summed E-state index contributed by atoms with van der Waals surface area (Å²) in [6.45, 7) is 1.29. The molecule has 0 heterocycles. The van der Waals surface area contributed by atoms with Crippen molar-refractivity contribution in [3.8, 4) is 0 Å². The fourth-order valence-corrected chi connectivity index (χ4v) is 0.246. The summed E-state index contributed by atoms with van der Waals surface area (Å²) in [5, 5.41) is -0.965. The van der Waals surface area contributed by atoms with Crippen LogP contribution < -0.4 is 0 Å². The number of nitrogens with zero attached hydrogens (tertiary/aromatic N) is 1. The van der Waals surface area contributed by atoms with Crippen molar-refractivity contribution in [2.24, 2.45) is 4.99 Å². The van der Waals surface area contributed by atoms with Crippen LogP contribution in [0.4, 0.5) is 0 Å². The Balaban J connectivity index is 3.82. The first-order valence-corrected chi connectivity index (χ1v) is 2.97. The minimum absolute atomic E-state index is 0.965. The molecule has 0 N–H and O–H groups in total. The maximum atomic E-state index is 9.82. The highest BCUT2D eigenvalue weighted by Gasteiger charge is 1.93. The first-order chi connectivity index (χ1) is 3.68. The lowest BCUT2D eigenvalue weighted by molar-refractivity contribution is 0.523. The molecule has 5 heteroatoms. The molecule has 4 nitrogen and oxygen atoms in total. The van der Waals surface area contributed by atoms with E-state index in [0.717, 1.165) is 6.08 Å². The zero-order valence-electron chi connectivity index (χ0n) is 4.16. The van der Waals surface area contributed by atoms with Crippen LogP contribution in [0.1, 0.15) is 6.92 Å². The third-order valence-corrected chi connectivity index (χ3v) is 1.18. The molecule has 8 heavy (non-hydrogen) atoms. The molecule has 0 saturated heterocycles. The lowest BCUT2D eigenvalue weighted by Gasteiger charge is -2.05. The highest BCUT2D eigenvalue weighted by Crippen LogP contribution is 1.89. The van der Waals surface area contributed by atoms with Gasteiger partial charge >= 0.3 is 0 Å². The van der Waals surface area contributed by atoms with Crippen molar-refractivity contribution in [2.45, 2.75) is 12.3 Å². The smallest absolute Gasteiger partial charge is 0.236 e. The molecule has 0 saturated carbocycles. The van der Waals surface area contributed by atoms with Gasteiger partial charge in [0.05, 0.1) is 0 Å². The third kappa shape index (κ3) is 2.63. The molecule has 2 atom stereocenters. The average Bonchev–Trinajstić information content (AvgIpc) is 1.67. The Bertz CT molecular complexity index is 137. The fourth-order valence-electron chi connectivity index (χ4n) is 0.117. The van der Waals surface area contributed by atoms with E-state index in [1.54, 1.807) is 0 Å². The molecular formula is C3H4NO3S-. The molecule has 0 aliphatic carbocycles. The van der Waals surface area contributed by atoms with E-state index in [9.17, 15) is 13.6 Å². The molecule has 2 unspecified atom stereocenters.